The number of anilines is 1. The summed E-state index contributed by atoms with van der Waals surface area (Å²) < 4.78 is 28.4. The van der Waals surface area contributed by atoms with E-state index in [0.29, 0.717) is 36.0 Å². The molecule has 0 saturated carbocycles. The fourth-order valence-electron chi connectivity index (χ4n) is 3.02. The van der Waals surface area contributed by atoms with E-state index in [2.05, 4.69) is 10.3 Å². The number of nitrogens with one attached hydrogen (secondary N) is 1. The van der Waals surface area contributed by atoms with Gasteiger partial charge in [-0.25, -0.2) is 13.4 Å². The van der Waals surface area contributed by atoms with Gasteiger partial charge >= 0.3 is 0 Å². The molecule has 0 bridgehead atoms. The van der Waals surface area contributed by atoms with Crippen molar-refractivity contribution in [1.82, 2.24) is 13.7 Å². The van der Waals surface area contributed by atoms with Crippen molar-refractivity contribution in [2.75, 3.05) is 18.4 Å². The molecular formula is C17H18N4O3S2. The Morgan fingerprint density at radius 1 is 1.19 bits per heavy atom. The quantitative estimate of drug-likeness (QED) is 0.722. The van der Waals surface area contributed by atoms with Crippen LogP contribution in [0, 0.1) is 0 Å². The van der Waals surface area contributed by atoms with Gasteiger partial charge in [-0.05, 0) is 31.0 Å². The van der Waals surface area contributed by atoms with Crippen LogP contribution in [-0.2, 0) is 16.6 Å². The van der Waals surface area contributed by atoms with Gasteiger partial charge in [-0.2, -0.15) is 4.31 Å². The summed E-state index contributed by atoms with van der Waals surface area (Å²) in [6.07, 6.45) is 3.51. The second-order valence-electron chi connectivity index (χ2n) is 6.13. The van der Waals surface area contributed by atoms with E-state index < -0.39 is 10.0 Å². The van der Waals surface area contributed by atoms with Gasteiger partial charge in [-0.15, -0.1) is 11.3 Å². The number of rotatable bonds is 5. The van der Waals surface area contributed by atoms with Crippen molar-refractivity contribution in [1.29, 1.82) is 0 Å². The smallest absolute Gasteiger partial charge is 0.258 e. The van der Waals surface area contributed by atoms with Crippen LogP contribution < -0.4 is 10.9 Å². The summed E-state index contributed by atoms with van der Waals surface area (Å²) in [5.74, 6) is 0. The first-order valence-corrected chi connectivity index (χ1v) is 10.7. The molecule has 0 aliphatic carbocycles. The van der Waals surface area contributed by atoms with Crippen molar-refractivity contribution in [3.8, 4) is 0 Å². The van der Waals surface area contributed by atoms with Gasteiger partial charge in [0.15, 0.2) is 4.96 Å². The number of hydrogen-bond acceptors (Lipinski definition) is 6. The Bertz CT molecular complexity index is 1100. The molecule has 2 aromatic heterocycles. The van der Waals surface area contributed by atoms with Crippen LogP contribution in [0.15, 0.2) is 51.6 Å². The van der Waals surface area contributed by atoms with Crippen LogP contribution in [0.3, 0.4) is 0 Å². The Morgan fingerprint density at radius 2 is 2.00 bits per heavy atom. The first kappa shape index (κ1) is 17.2. The second kappa shape index (κ2) is 6.82. The monoisotopic (exact) mass is 390 g/mol. The predicted molar refractivity (Wildman–Crippen MR) is 101 cm³/mol. The molecule has 3 aromatic rings. The van der Waals surface area contributed by atoms with Gasteiger partial charge in [0.2, 0.25) is 10.0 Å². The molecule has 1 saturated heterocycles. The number of aromatic nitrogens is 2. The number of fused-ring (bicyclic) bond motifs is 1. The van der Waals surface area contributed by atoms with E-state index in [1.807, 2.05) is 5.38 Å². The Balaban J connectivity index is 1.54. The molecule has 4 rings (SSSR count). The molecule has 1 N–H and O–H groups in total. The van der Waals surface area contributed by atoms with Gasteiger partial charge in [-0.1, -0.05) is 6.07 Å². The topological polar surface area (TPSA) is 83.8 Å². The Kier molecular flexibility index (Phi) is 4.51. The number of benzene rings is 1. The molecule has 26 heavy (non-hydrogen) atoms. The van der Waals surface area contributed by atoms with E-state index in [9.17, 15) is 13.2 Å². The minimum Gasteiger partial charge on any atom is -0.379 e. The summed E-state index contributed by atoms with van der Waals surface area (Å²) in [6.45, 7) is 1.50. The second-order valence-corrected chi connectivity index (χ2v) is 8.94. The van der Waals surface area contributed by atoms with Gasteiger partial charge < -0.3 is 5.32 Å². The maximum atomic E-state index is 12.7. The fourth-order valence-corrected chi connectivity index (χ4v) is 5.32. The molecule has 1 aromatic carbocycles. The van der Waals surface area contributed by atoms with E-state index in [1.54, 1.807) is 30.5 Å². The van der Waals surface area contributed by atoms with Crippen LogP contribution in [0.1, 0.15) is 18.5 Å². The highest BCUT2D eigenvalue weighted by Crippen LogP contribution is 2.23. The summed E-state index contributed by atoms with van der Waals surface area (Å²) in [5, 5.41) is 4.97. The molecule has 0 atom stereocenters. The normalized spacial score (nSPS) is 15.5. The van der Waals surface area contributed by atoms with Crippen LogP contribution in [0.25, 0.3) is 4.96 Å². The lowest BCUT2D eigenvalue weighted by molar-refractivity contribution is 0.477. The highest BCUT2D eigenvalue weighted by atomic mass is 32.2. The minimum atomic E-state index is -3.45. The van der Waals surface area contributed by atoms with E-state index in [-0.39, 0.29) is 10.5 Å². The lowest BCUT2D eigenvalue weighted by atomic mass is 10.3. The molecule has 9 heteroatoms. The first-order chi connectivity index (χ1) is 12.5. The number of nitrogens with zero attached hydrogens (tertiary/aromatic N) is 3. The zero-order valence-electron chi connectivity index (χ0n) is 14.0. The molecule has 0 radical (unpaired) electrons. The van der Waals surface area contributed by atoms with E-state index in [4.69, 9.17) is 0 Å². The number of thiazole rings is 1. The zero-order valence-corrected chi connectivity index (χ0v) is 15.6. The number of sulfonamides is 1. The standard InChI is InChI=1S/C17H18N4O3S2/c22-16-11-14(19-17-21(16)8-9-25-17)12-18-13-4-3-5-15(10-13)26(23,24)20-6-1-2-7-20/h3-5,8-11,18H,1-2,6-7,12H2. The van der Waals surface area contributed by atoms with Crippen LogP contribution >= 0.6 is 11.3 Å². The summed E-state index contributed by atoms with van der Waals surface area (Å²) in [7, 11) is -3.45. The van der Waals surface area contributed by atoms with Crippen molar-refractivity contribution in [3.63, 3.8) is 0 Å². The van der Waals surface area contributed by atoms with Gasteiger partial charge in [-0.3, -0.25) is 9.20 Å². The predicted octanol–water partition coefficient (Wildman–Crippen LogP) is 2.15. The molecule has 0 amide bonds. The summed E-state index contributed by atoms with van der Waals surface area (Å²) in [5.41, 5.74) is 1.17. The highest BCUT2D eigenvalue weighted by Gasteiger charge is 2.27. The molecule has 7 nitrogen and oxygen atoms in total. The van der Waals surface area contributed by atoms with Crippen molar-refractivity contribution in [2.24, 2.45) is 0 Å². The highest BCUT2D eigenvalue weighted by molar-refractivity contribution is 7.89. The third-order valence-corrected chi connectivity index (χ3v) is 7.02. The van der Waals surface area contributed by atoms with Crippen molar-refractivity contribution in [2.45, 2.75) is 24.3 Å². The van der Waals surface area contributed by atoms with Crippen molar-refractivity contribution >= 4 is 32.0 Å². The third kappa shape index (κ3) is 3.25. The van der Waals surface area contributed by atoms with E-state index in [0.717, 1.165) is 12.8 Å². The molecule has 3 heterocycles. The van der Waals surface area contributed by atoms with Crippen molar-refractivity contribution in [3.05, 3.63) is 58.0 Å². The van der Waals surface area contributed by atoms with Gasteiger partial charge in [0, 0.05) is 36.4 Å². The molecular weight excluding hydrogens is 372 g/mol. The SMILES string of the molecule is O=c1cc(CNc2cccc(S(=O)(=O)N3CCCC3)c2)nc2sccn12. The molecule has 136 valence electrons. The van der Waals surface area contributed by atoms with Gasteiger partial charge in [0.1, 0.15) is 0 Å². The van der Waals surface area contributed by atoms with Gasteiger partial charge in [0.25, 0.3) is 5.56 Å². The van der Waals surface area contributed by atoms with Crippen LogP contribution in [0.4, 0.5) is 5.69 Å². The largest absolute Gasteiger partial charge is 0.379 e. The lowest BCUT2D eigenvalue weighted by Gasteiger charge is -2.16. The average Bonchev–Trinajstić information content (AvgIpc) is 3.32. The van der Waals surface area contributed by atoms with Crippen molar-refractivity contribution < 1.29 is 8.42 Å². The Morgan fingerprint density at radius 3 is 2.81 bits per heavy atom. The summed E-state index contributed by atoms with van der Waals surface area (Å²) >= 11 is 1.40. The van der Waals surface area contributed by atoms with E-state index >= 15 is 0 Å². The maximum absolute atomic E-state index is 12.7. The van der Waals surface area contributed by atoms with Crippen LogP contribution in [0.5, 0.6) is 0 Å². The van der Waals surface area contributed by atoms with Crippen LogP contribution in [0.2, 0.25) is 0 Å². The first-order valence-electron chi connectivity index (χ1n) is 8.34. The summed E-state index contributed by atoms with van der Waals surface area (Å²) in [4.78, 5) is 17.4. The van der Waals surface area contributed by atoms with Gasteiger partial charge in [0.05, 0.1) is 17.1 Å². The average molecular weight is 390 g/mol. The molecule has 1 aliphatic heterocycles. The summed E-state index contributed by atoms with van der Waals surface area (Å²) in [6, 6.07) is 8.25. The lowest BCUT2D eigenvalue weighted by Crippen LogP contribution is -2.27. The number of hydrogen-bond donors (Lipinski definition) is 1. The molecule has 0 unspecified atom stereocenters. The minimum absolute atomic E-state index is 0.126. The van der Waals surface area contributed by atoms with E-state index in [1.165, 1.54) is 26.1 Å². The Labute approximate surface area is 155 Å². The zero-order chi connectivity index (χ0) is 18.1. The fraction of sp³-hybridized carbons (Fsp3) is 0.294. The molecule has 1 fully saturated rings. The molecule has 0 spiro atoms. The van der Waals surface area contributed by atoms with Crippen LogP contribution in [-0.4, -0.2) is 35.2 Å². The Hall–Kier alpha value is -2.23. The third-order valence-electron chi connectivity index (χ3n) is 4.37. The molecule has 1 aliphatic rings. The maximum Gasteiger partial charge on any atom is 0.258 e.